The molecule has 2 aromatic rings. The van der Waals surface area contributed by atoms with Gasteiger partial charge in [0.25, 0.3) is 11.8 Å². The summed E-state index contributed by atoms with van der Waals surface area (Å²) in [4.78, 5) is 50.8. The fraction of sp³-hybridized carbons (Fsp3) is 0.533. The van der Waals surface area contributed by atoms with Crippen LogP contribution < -0.4 is 26.2 Å². The van der Waals surface area contributed by atoms with E-state index in [4.69, 9.17) is 14.4 Å². The first kappa shape index (κ1) is 36.2. The van der Waals surface area contributed by atoms with Crippen LogP contribution in [0.2, 0.25) is 0 Å². The molecule has 0 aliphatic carbocycles. The third-order valence-electron chi connectivity index (χ3n) is 7.22. The predicted molar refractivity (Wildman–Crippen MR) is 159 cm³/mol. The molecule has 0 radical (unpaired) electrons. The molecule has 14 heteroatoms. The highest BCUT2D eigenvalue weighted by molar-refractivity contribution is 5.97. The quantitative estimate of drug-likeness (QED) is 0.0487. The van der Waals surface area contributed by atoms with Gasteiger partial charge in [0, 0.05) is 17.0 Å². The number of unbranched alkanes of at least 4 members (excludes halogenated alkanes) is 2. The molecule has 0 saturated heterocycles. The Kier molecular flexibility index (Phi) is 14.8. The molecule has 0 unspecified atom stereocenters. The lowest BCUT2D eigenvalue weighted by molar-refractivity contribution is -0.140. The summed E-state index contributed by atoms with van der Waals surface area (Å²) in [5.41, 5.74) is 0.469. The Labute approximate surface area is 256 Å². The Morgan fingerprint density at radius 1 is 0.886 bits per heavy atom. The highest BCUT2D eigenvalue weighted by Gasteiger charge is 2.32. The largest absolute Gasteiger partial charge is 0.494 e. The van der Waals surface area contributed by atoms with E-state index in [9.17, 15) is 34.5 Å². The number of carbonyl (C=O) groups is 4. The summed E-state index contributed by atoms with van der Waals surface area (Å²) in [6, 6.07) is 7.44. The average molecular weight is 621 g/mol. The van der Waals surface area contributed by atoms with Crippen molar-refractivity contribution in [1.82, 2.24) is 21.4 Å². The molecule has 14 nitrogen and oxygen atoms in total. The number of aliphatic hydroxyl groups is 3. The summed E-state index contributed by atoms with van der Waals surface area (Å²) in [6.45, 7) is 3.49. The normalized spacial score (nSPS) is 12.6. The van der Waals surface area contributed by atoms with Crippen molar-refractivity contribution in [3.63, 3.8) is 0 Å². The first-order valence-corrected chi connectivity index (χ1v) is 14.6. The minimum absolute atomic E-state index is 0.0764. The molecule has 4 amide bonds. The number of amides is 4. The molecule has 0 bridgehead atoms. The summed E-state index contributed by atoms with van der Waals surface area (Å²) >= 11 is 0. The number of nitrogens with one attached hydrogen (secondary N) is 4. The molecular formula is C30H44N4O10. The van der Waals surface area contributed by atoms with Gasteiger partial charge < -0.3 is 40.4 Å². The SMILES string of the molecule is CCCCC[C@@H](C(=O)NCNC(=O)c1ccc(-c2cc(OCC)cc(C(=O)NC(CO)(CO)CO)c2)o1)[C@@H](CC)C(=O)NO. The van der Waals surface area contributed by atoms with Gasteiger partial charge in [0.05, 0.1) is 39.0 Å². The highest BCUT2D eigenvalue weighted by atomic mass is 16.5. The number of carbonyl (C=O) groups excluding carboxylic acids is 4. The summed E-state index contributed by atoms with van der Waals surface area (Å²) < 4.78 is 11.3. The molecule has 1 aromatic heterocycles. The van der Waals surface area contributed by atoms with Gasteiger partial charge in [-0.3, -0.25) is 24.4 Å². The van der Waals surface area contributed by atoms with Crippen LogP contribution in [0.5, 0.6) is 5.75 Å². The lowest BCUT2D eigenvalue weighted by Gasteiger charge is -2.28. The predicted octanol–water partition coefficient (Wildman–Crippen LogP) is 1.32. The first-order valence-electron chi connectivity index (χ1n) is 14.6. The molecule has 0 saturated carbocycles. The van der Waals surface area contributed by atoms with E-state index in [1.165, 1.54) is 24.3 Å². The standard InChI is InChI=1S/C30H44N4O10/c1-4-7-8-9-23(22(5-2)28(40)34-42)27(39)31-18-32-29(41)25-11-10-24(44-25)19-12-20(14-21(13-19)43-6-3)26(38)33-30(15-35,16-36)17-37/h10-14,22-23,35-37,42H,4-9,15-18H2,1-3H3,(H,31,39)(H,32,41)(H,33,38)(H,34,40)/t22-,23-/m1/s1. The topological polar surface area (TPSA) is 220 Å². The molecule has 44 heavy (non-hydrogen) atoms. The second-order valence-electron chi connectivity index (χ2n) is 10.4. The van der Waals surface area contributed by atoms with Gasteiger partial charge in [0.2, 0.25) is 11.8 Å². The fourth-order valence-electron chi connectivity index (χ4n) is 4.61. The van der Waals surface area contributed by atoms with Crippen LogP contribution in [0.15, 0.2) is 34.7 Å². The zero-order chi connectivity index (χ0) is 32.7. The maximum absolute atomic E-state index is 12.9. The molecular weight excluding hydrogens is 576 g/mol. The van der Waals surface area contributed by atoms with Crippen molar-refractivity contribution in [3.8, 4) is 17.1 Å². The third-order valence-corrected chi connectivity index (χ3v) is 7.22. The number of hydrogen-bond donors (Lipinski definition) is 8. The van der Waals surface area contributed by atoms with Crippen LogP contribution in [0.25, 0.3) is 11.3 Å². The van der Waals surface area contributed by atoms with Gasteiger partial charge in [-0.1, -0.05) is 33.1 Å². The lowest BCUT2D eigenvalue weighted by Crippen LogP contribution is -2.57. The Balaban J connectivity index is 2.16. The molecule has 0 fully saturated rings. The minimum Gasteiger partial charge on any atom is -0.494 e. The van der Waals surface area contributed by atoms with Crippen molar-refractivity contribution < 1.29 is 48.9 Å². The Bertz CT molecular complexity index is 1240. The van der Waals surface area contributed by atoms with Crippen LogP contribution in [0.4, 0.5) is 0 Å². The van der Waals surface area contributed by atoms with Crippen molar-refractivity contribution >= 4 is 23.6 Å². The van der Waals surface area contributed by atoms with Crippen LogP contribution in [-0.4, -0.2) is 82.8 Å². The number of furan rings is 1. The minimum atomic E-state index is -1.64. The third kappa shape index (κ3) is 9.77. The van der Waals surface area contributed by atoms with Gasteiger partial charge in [-0.05, 0) is 50.1 Å². The van der Waals surface area contributed by atoms with E-state index in [1.54, 1.807) is 25.4 Å². The lowest BCUT2D eigenvalue weighted by atomic mass is 9.84. The smallest absolute Gasteiger partial charge is 0.288 e. The summed E-state index contributed by atoms with van der Waals surface area (Å²) in [7, 11) is 0. The molecule has 0 spiro atoms. The van der Waals surface area contributed by atoms with E-state index in [0.717, 1.165) is 19.3 Å². The van der Waals surface area contributed by atoms with E-state index in [-0.39, 0.29) is 23.8 Å². The van der Waals surface area contributed by atoms with Crippen LogP contribution >= 0.6 is 0 Å². The molecule has 1 aromatic carbocycles. The molecule has 0 aliphatic rings. The first-order chi connectivity index (χ1) is 21.1. The number of rotatable bonds is 19. The maximum Gasteiger partial charge on any atom is 0.288 e. The van der Waals surface area contributed by atoms with Crippen molar-refractivity contribution in [2.45, 2.75) is 58.4 Å². The van der Waals surface area contributed by atoms with E-state index in [2.05, 4.69) is 16.0 Å². The van der Waals surface area contributed by atoms with E-state index >= 15 is 0 Å². The monoisotopic (exact) mass is 620 g/mol. The zero-order valence-electron chi connectivity index (χ0n) is 25.4. The van der Waals surface area contributed by atoms with E-state index < -0.39 is 60.8 Å². The summed E-state index contributed by atoms with van der Waals surface area (Å²) in [6.07, 6.45) is 3.33. The molecule has 244 valence electrons. The van der Waals surface area contributed by atoms with Crippen LogP contribution in [-0.2, 0) is 9.59 Å². The number of aliphatic hydroxyl groups excluding tert-OH is 3. The number of hydroxylamine groups is 1. The van der Waals surface area contributed by atoms with Crippen LogP contribution in [0, 0.1) is 11.8 Å². The average Bonchev–Trinajstić information content (AvgIpc) is 3.54. The van der Waals surface area contributed by atoms with Gasteiger partial charge in [-0.25, -0.2) is 5.48 Å². The van der Waals surface area contributed by atoms with Gasteiger partial charge in [-0.2, -0.15) is 0 Å². The van der Waals surface area contributed by atoms with Gasteiger partial charge >= 0.3 is 0 Å². The van der Waals surface area contributed by atoms with E-state index in [1.807, 2.05) is 6.92 Å². The van der Waals surface area contributed by atoms with Gasteiger partial charge in [0.1, 0.15) is 17.0 Å². The second-order valence-corrected chi connectivity index (χ2v) is 10.4. The van der Waals surface area contributed by atoms with Gasteiger partial charge in [-0.15, -0.1) is 0 Å². The van der Waals surface area contributed by atoms with Gasteiger partial charge in [0.15, 0.2) is 5.76 Å². The van der Waals surface area contributed by atoms with Crippen LogP contribution in [0.3, 0.4) is 0 Å². The van der Waals surface area contributed by atoms with Crippen molar-refractivity contribution in [1.29, 1.82) is 0 Å². The fourth-order valence-corrected chi connectivity index (χ4v) is 4.61. The maximum atomic E-state index is 12.9. The second kappa shape index (κ2) is 18.0. The number of hydrogen-bond acceptors (Lipinski definition) is 10. The van der Waals surface area contributed by atoms with Crippen LogP contribution in [0.1, 0.15) is 73.8 Å². The number of ether oxygens (including phenoxy) is 1. The van der Waals surface area contributed by atoms with Crippen molar-refractivity contribution in [2.75, 3.05) is 33.1 Å². The van der Waals surface area contributed by atoms with Crippen molar-refractivity contribution in [2.24, 2.45) is 11.8 Å². The summed E-state index contributed by atoms with van der Waals surface area (Å²) in [5, 5.41) is 45.4. The zero-order valence-corrected chi connectivity index (χ0v) is 25.4. The summed E-state index contributed by atoms with van der Waals surface area (Å²) in [5.74, 6) is -3.34. The van der Waals surface area contributed by atoms with Crippen molar-refractivity contribution in [3.05, 3.63) is 41.7 Å². The van der Waals surface area contributed by atoms with E-state index in [0.29, 0.717) is 30.8 Å². The Morgan fingerprint density at radius 2 is 1.59 bits per heavy atom. The number of benzene rings is 1. The molecule has 0 aliphatic heterocycles. The molecule has 1 heterocycles. The molecule has 8 N–H and O–H groups in total. The Hall–Kier alpha value is -3.98. The Morgan fingerprint density at radius 3 is 2.18 bits per heavy atom. The molecule has 2 rings (SSSR count). The molecule has 2 atom stereocenters. The highest BCUT2D eigenvalue weighted by Crippen LogP contribution is 2.29.